The summed E-state index contributed by atoms with van der Waals surface area (Å²) in [6, 6.07) is 77.7. The molecule has 3 heterocycles. The molecule has 14 rings (SSSR count). The van der Waals surface area contributed by atoms with E-state index in [0.29, 0.717) is 17.5 Å². The summed E-state index contributed by atoms with van der Waals surface area (Å²) >= 11 is 0. The molecule has 0 unspecified atom stereocenters. The first-order valence-electron chi connectivity index (χ1n) is 22.3. The van der Waals surface area contributed by atoms with Gasteiger partial charge in [0.1, 0.15) is 11.2 Å². The third-order valence-corrected chi connectivity index (χ3v) is 13.4. The molecule has 5 nitrogen and oxygen atoms in total. The molecule has 0 fully saturated rings. The molecule has 0 bridgehead atoms. The predicted octanol–water partition coefficient (Wildman–Crippen LogP) is 16.1. The van der Waals surface area contributed by atoms with Crippen LogP contribution in [0.3, 0.4) is 0 Å². The molecule has 5 heteroatoms. The Labute approximate surface area is 378 Å². The van der Waals surface area contributed by atoms with Crippen molar-refractivity contribution in [3.8, 4) is 51.0 Å². The molecule has 0 amide bonds. The second kappa shape index (κ2) is 14.3. The van der Waals surface area contributed by atoms with Crippen molar-refractivity contribution in [3.05, 3.63) is 218 Å². The third-order valence-electron chi connectivity index (χ3n) is 13.4. The lowest BCUT2D eigenvalue weighted by molar-refractivity contribution is 0.669. The number of aromatic nitrogens is 4. The Morgan fingerprint density at radius 3 is 1.79 bits per heavy atom. The van der Waals surface area contributed by atoms with E-state index in [2.05, 4.69) is 205 Å². The SMILES string of the molecule is c1ccc(-c2cc(-n3c4cc5ccccc5cc4c4ccc5ccccc5c43)c3ccccc3c2-c2nc(-c3ccc4ccccc4c3)nc(-c3cccc4c3oc3ccccc34)n2)cc1. The topological polar surface area (TPSA) is 56.7 Å². The van der Waals surface area contributed by atoms with Crippen LogP contribution in [0.15, 0.2) is 223 Å². The molecule has 0 saturated heterocycles. The van der Waals surface area contributed by atoms with Crippen molar-refractivity contribution in [2.24, 2.45) is 0 Å². The van der Waals surface area contributed by atoms with Gasteiger partial charge in [-0.15, -0.1) is 0 Å². The minimum absolute atomic E-state index is 0.542. The second-order valence-electron chi connectivity index (χ2n) is 17.1. The number of nitrogens with zero attached hydrogens (tertiary/aromatic N) is 4. The van der Waals surface area contributed by atoms with Crippen molar-refractivity contribution in [2.75, 3.05) is 0 Å². The summed E-state index contributed by atoms with van der Waals surface area (Å²) in [5.41, 5.74) is 9.69. The van der Waals surface area contributed by atoms with Gasteiger partial charge in [-0.3, -0.25) is 0 Å². The standard InChI is InChI=1S/C61H36N4O/c1-2-16-38(17-3-1)51-36-54(65-53-35-42-21-7-6-20-41(42)34-52(53)48-32-31-39-18-8-9-22-44(39)57(48)65)45-23-10-11-25-47(45)56(51)61-63-59(43-30-29-37-15-4-5-19-40(37)33-43)62-60(64-61)50-27-14-26-49-46-24-12-13-28-55(46)66-58(49)50/h1-36H. The average Bonchev–Trinajstić information content (AvgIpc) is 3.93. The first-order chi connectivity index (χ1) is 32.7. The molecule has 14 aromatic rings. The predicted molar refractivity (Wildman–Crippen MR) is 273 cm³/mol. The van der Waals surface area contributed by atoms with Crippen LogP contribution in [0.4, 0.5) is 0 Å². The fourth-order valence-corrected chi connectivity index (χ4v) is 10.3. The molecular weight excluding hydrogens is 805 g/mol. The van der Waals surface area contributed by atoms with Crippen LogP contribution in [0.25, 0.3) is 138 Å². The molecule has 3 aromatic heterocycles. The molecular formula is C61H36N4O. The summed E-state index contributed by atoms with van der Waals surface area (Å²) < 4.78 is 9.13. The molecule has 0 aliphatic rings. The molecule has 0 N–H and O–H groups in total. The van der Waals surface area contributed by atoms with Crippen LogP contribution >= 0.6 is 0 Å². The lowest BCUT2D eigenvalue weighted by Crippen LogP contribution is -2.04. The van der Waals surface area contributed by atoms with Gasteiger partial charge < -0.3 is 8.98 Å². The van der Waals surface area contributed by atoms with Crippen molar-refractivity contribution in [1.82, 2.24) is 19.5 Å². The Hall–Kier alpha value is -8.93. The van der Waals surface area contributed by atoms with Crippen molar-refractivity contribution in [1.29, 1.82) is 0 Å². The summed E-state index contributed by atoms with van der Waals surface area (Å²) in [5, 5.41) is 13.7. The van der Waals surface area contributed by atoms with Crippen LogP contribution in [0, 0.1) is 0 Å². The quantitative estimate of drug-likeness (QED) is 0.173. The van der Waals surface area contributed by atoms with E-state index in [0.717, 1.165) is 82.5 Å². The number of rotatable bonds is 5. The fourth-order valence-electron chi connectivity index (χ4n) is 10.3. The van der Waals surface area contributed by atoms with E-state index in [1.165, 1.54) is 37.8 Å². The third kappa shape index (κ3) is 5.57. The average molecular weight is 841 g/mol. The monoisotopic (exact) mass is 840 g/mol. The molecule has 0 atom stereocenters. The van der Waals surface area contributed by atoms with Gasteiger partial charge >= 0.3 is 0 Å². The number of hydrogen-bond donors (Lipinski definition) is 0. The van der Waals surface area contributed by atoms with Crippen LogP contribution in [0.5, 0.6) is 0 Å². The van der Waals surface area contributed by atoms with Crippen LogP contribution in [0.1, 0.15) is 0 Å². The minimum Gasteiger partial charge on any atom is -0.455 e. The van der Waals surface area contributed by atoms with Crippen LogP contribution < -0.4 is 0 Å². The zero-order valence-corrected chi connectivity index (χ0v) is 35.5. The number of para-hydroxylation sites is 2. The van der Waals surface area contributed by atoms with Crippen LogP contribution in [-0.4, -0.2) is 19.5 Å². The largest absolute Gasteiger partial charge is 0.455 e. The molecule has 0 radical (unpaired) electrons. The van der Waals surface area contributed by atoms with Gasteiger partial charge in [-0.1, -0.05) is 182 Å². The maximum atomic E-state index is 6.63. The van der Waals surface area contributed by atoms with Crippen molar-refractivity contribution >= 4 is 86.8 Å². The lowest BCUT2D eigenvalue weighted by atomic mass is 9.92. The van der Waals surface area contributed by atoms with E-state index >= 15 is 0 Å². The van der Waals surface area contributed by atoms with Crippen molar-refractivity contribution < 1.29 is 4.42 Å². The second-order valence-corrected chi connectivity index (χ2v) is 17.1. The van der Waals surface area contributed by atoms with Gasteiger partial charge in [-0.2, -0.15) is 0 Å². The highest BCUT2D eigenvalue weighted by Gasteiger charge is 2.25. The summed E-state index contributed by atoms with van der Waals surface area (Å²) in [7, 11) is 0. The highest BCUT2D eigenvalue weighted by molar-refractivity contribution is 6.22. The van der Waals surface area contributed by atoms with Gasteiger partial charge in [0, 0.05) is 43.4 Å². The van der Waals surface area contributed by atoms with Gasteiger partial charge in [-0.05, 0) is 79.8 Å². The van der Waals surface area contributed by atoms with Crippen molar-refractivity contribution in [2.45, 2.75) is 0 Å². The Bertz CT molecular complexity index is 4300. The maximum Gasteiger partial charge on any atom is 0.167 e. The molecule has 0 spiro atoms. The minimum atomic E-state index is 0.542. The molecule has 306 valence electrons. The van der Waals surface area contributed by atoms with Crippen LogP contribution in [0.2, 0.25) is 0 Å². The van der Waals surface area contributed by atoms with E-state index in [4.69, 9.17) is 19.4 Å². The summed E-state index contributed by atoms with van der Waals surface area (Å²) in [5.74, 6) is 1.71. The Kier molecular flexibility index (Phi) is 7.91. The molecule has 0 aliphatic carbocycles. The van der Waals surface area contributed by atoms with Gasteiger partial charge in [0.05, 0.1) is 22.3 Å². The van der Waals surface area contributed by atoms with E-state index in [1.54, 1.807) is 0 Å². The normalized spacial score (nSPS) is 11.9. The Morgan fingerprint density at radius 1 is 0.333 bits per heavy atom. The fraction of sp³-hybridized carbons (Fsp3) is 0. The molecule has 0 aliphatic heterocycles. The van der Waals surface area contributed by atoms with E-state index in [9.17, 15) is 0 Å². The van der Waals surface area contributed by atoms with E-state index in [-0.39, 0.29) is 0 Å². The number of benzene rings is 11. The van der Waals surface area contributed by atoms with Gasteiger partial charge in [0.25, 0.3) is 0 Å². The van der Waals surface area contributed by atoms with Gasteiger partial charge in [0.2, 0.25) is 0 Å². The Morgan fingerprint density at radius 2 is 0.955 bits per heavy atom. The van der Waals surface area contributed by atoms with E-state index in [1.807, 2.05) is 18.2 Å². The Balaban J connectivity index is 1.11. The molecule has 66 heavy (non-hydrogen) atoms. The van der Waals surface area contributed by atoms with Crippen molar-refractivity contribution in [3.63, 3.8) is 0 Å². The zero-order valence-electron chi connectivity index (χ0n) is 35.5. The molecule has 11 aromatic carbocycles. The number of furan rings is 1. The summed E-state index contributed by atoms with van der Waals surface area (Å²) in [4.78, 5) is 16.3. The highest BCUT2D eigenvalue weighted by Crippen LogP contribution is 2.46. The first-order valence-corrected chi connectivity index (χ1v) is 22.3. The van der Waals surface area contributed by atoms with Gasteiger partial charge in [-0.25, -0.2) is 15.0 Å². The molecule has 0 saturated carbocycles. The summed E-state index contributed by atoms with van der Waals surface area (Å²) in [6.07, 6.45) is 0. The zero-order chi connectivity index (χ0) is 43.3. The number of fused-ring (bicyclic) bond motifs is 11. The van der Waals surface area contributed by atoms with E-state index < -0.39 is 0 Å². The summed E-state index contributed by atoms with van der Waals surface area (Å²) in [6.45, 7) is 0. The first kappa shape index (κ1) is 36.5. The van der Waals surface area contributed by atoms with Gasteiger partial charge in [0.15, 0.2) is 17.5 Å². The maximum absolute atomic E-state index is 6.63. The van der Waals surface area contributed by atoms with Crippen LogP contribution in [-0.2, 0) is 0 Å². The smallest absolute Gasteiger partial charge is 0.167 e. The highest BCUT2D eigenvalue weighted by atomic mass is 16.3. The number of hydrogen-bond acceptors (Lipinski definition) is 4. The lowest BCUT2D eigenvalue weighted by Gasteiger charge is -2.20.